The Balaban J connectivity index is 3.34. The van der Waals surface area contributed by atoms with Crippen LogP contribution in [0.3, 0.4) is 0 Å². The lowest BCUT2D eigenvalue weighted by atomic mass is 9.97. The molecule has 0 amide bonds. The van der Waals surface area contributed by atoms with Crippen LogP contribution < -0.4 is 0 Å². The fourth-order valence-corrected chi connectivity index (χ4v) is 5.56. The highest BCUT2D eigenvalue weighted by atomic mass is 16.3. The topological polar surface area (TPSA) is 77.8 Å². The highest BCUT2D eigenvalue weighted by Gasteiger charge is 2.23. The van der Waals surface area contributed by atoms with E-state index in [0.29, 0.717) is 12.8 Å². The number of rotatable bonds is 32. The van der Waals surface area contributed by atoms with Crippen LogP contribution in [0, 0.1) is 0 Å². The Hall–Kier alpha value is -0.450. The highest BCUT2D eigenvalue weighted by molar-refractivity contribution is 5.82. The number of hydrogen-bond acceptors (Lipinski definition) is 4. The van der Waals surface area contributed by atoms with Gasteiger partial charge in [0.15, 0.2) is 5.78 Å². The van der Waals surface area contributed by atoms with Crippen LogP contribution in [-0.4, -0.2) is 39.4 Å². The van der Waals surface area contributed by atoms with E-state index in [1.54, 1.807) is 0 Å². The molecule has 0 aliphatic heterocycles. The third-order valence-corrected chi connectivity index (χ3v) is 8.41. The maximum atomic E-state index is 12.1. The smallest absolute Gasteiger partial charge is 0.161 e. The molecule has 0 rings (SSSR count). The van der Waals surface area contributed by atoms with Crippen molar-refractivity contribution in [3.8, 4) is 0 Å². The third-order valence-electron chi connectivity index (χ3n) is 8.41. The Labute approximate surface area is 244 Å². The zero-order valence-corrected chi connectivity index (χ0v) is 26.5. The van der Waals surface area contributed by atoms with E-state index in [-0.39, 0.29) is 12.2 Å². The summed E-state index contributed by atoms with van der Waals surface area (Å²) >= 11 is 0. The van der Waals surface area contributed by atoms with Crippen molar-refractivity contribution in [2.75, 3.05) is 0 Å². The minimum atomic E-state index is -1.15. The molecule has 0 aromatic heterocycles. The first-order chi connectivity index (χ1) is 19.0. The van der Waals surface area contributed by atoms with Crippen molar-refractivity contribution < 1.29 is 20.1 Å². The molecule has 0 aliphatic rings. The van der Waals surface area contributed by atoms with E-state index in [2.05, 4.69) is 13.8 Å². The Morgan fingerprint density at radius 3 is 1.10 bits per heavy atom. The Morgan fingerprint density at radius 1 is 0.436 bits per heavy atom. The molecule has 0 radical (unpaired) electrons. The van der Waals surface area contributed by atoms with Gasteiger partial charge in [0.25, 0.3) is 0 Å². The molecular weight excluding hydrogens is 484 g/mol. The predicted octanol–water partition coefficient (Wildman–Crippen LogP) is 9.99. The SMILES string of the molecule is CCCCCCCCCCCCCCCCCCCCCCCCCC(=O)C(O)CC(O)C(O)CCCCC. The fourth-order valence-electron chi connectivity index (χ4n) is 5.56. The largest absolute Gasteiger partial charge is 0.390 e. The van der Waals surface area contributed by atoms with E-state index in [0.717, 1.165) is 38.5 Å². The molecule has 0 saturated carbocycles. The van der Waals surface area contributed by atoms with Gasteiger partial charge in [0.2, 0.25) is 0 Å². The minimum Gasteiger partial charge on any atom is -0.390 e. The van der Waals surface area contributed by atoms with E-state index in [4.69, 9.17) is 0 Å². The van der Waals surface area contributed by atoms with Gasteiger partial charge in [0, 0.05) is 12.8 Å². The van der Waals surface area contributed by atoms with E-state index in [1.807, 2.05) is 0 Å². The van der Waals surface area contributed by atoms with E-state index in [1.165, 1.54) is 128 Å². The first kappa shape index (κ1) is 38.5. The van der Waals surface area contributed by atoms with Gasteiger partial charge in [-0.25, -0.2) is 0 Å². The molecule has 3 N–H and O–H groups in total. The van der Waals surface area contributed by atoms with Crippen LogP contribution in [0.1, 0.15) is 200 Å². The average Bonchev–Trinajstić information content (AvgIpc) is 2.93. The molecule has 0 saturated heterocycles. The number of aliphatic hydroxyl groups excluding tert-OH is 3. The molecule has 0 fully saturated rings. The molecule has 234 valence electrons. The van der Waals surface area contributed by atoms with Crippen LogP contribution in [0.15, 0.2) is 0 Å². The highest BCUT2D eigenvalue weighted by Crippen LogP contribution is 2.17. The van der Waals surface area contributed by atoms with Gasteiger partial charge in [-0.15, -0.1) is 0 Å². The molecule has 0 aromatic rings. The summed E-state index contributed by atoms with van der Waals surface area (Å²) in [6.07, 6.45) is 31.8. The molecular formula is C35H70O4. The maximum absolute atomic E-state index is 12.1. The van der Waals surface area contributed by atoms with Crippen molar-refractivity contribution in [2.45, 2.75) is 218 Å². The monoisotopic (exact) mass is 555 g/mol. The van der Waals surface area contributed by atoms with Crippen molar-refractivity contribution in [3.05, 3.63) is 0 Å². The summed E-state index contributed by atoms with van der Waals surface area (Å²) in [5.41, 5.74) is 0. The molecule has 0 bridgehead atoms. The second kappa shape index (κ2) is 30.5. The molecule has 0 spiro atoms. The van der Waals surface area contributed by atoms with Crippen LogP contribution in [0.25, 0.3) is 0 Å². The van der Waals surface area contributed by atoms with E-state index in [9.17, 15) is 20.1 Å². The van der Waals surface area contributed by atoms with Crippen LogP contribution >= 0.6 is 0 Å². The summed E-state index contributed by atoms with van der Waals surface area (Å²) in [5, 5.41) is 30.1. The molecule has 39 heavy (non-hydrogen) atoms. The number of carbonyl (C=O) groups is 1. The van der Waals surface area contributed by atoms with Crippen LogP contribution in [0.5, 0.6) is 0 Å². The number of aliphatic hydroxyl groups is 3. The summed E-state index contributed by atoms with van der Waals surface area (Å²) in [5.74, 6) is -0.196. The number of carbonyl (C=O) groups excluding carboxylic acids is 1. The first-order valence-electron chi connectivity index (χ1n) is 17.6. The molecule has 4 nitrogen and oxygen atoms in total. The number of ketones is 1. The molecule has 0 aromatic carbocycles. The predicted molar refractivity (Wildman–Crippen MR) is 168 cm³/mol. The Bertz CT molecular complexity index is 495. The maximum Gasteiger partial charge on any atom is 0.161 e. The van der Waals surface area contributed by atoms with Gasteiger partial charge in [0.1, 0.15) is 6.10 Å². The lowest BCUT2D eigenvalue weighted by Gasteiger charge is -2.20. The molecule has 4 heteroatoms. The summed E-state index contributed by atoms with van der Waals surface area (Å²) < 4.78 is 0. The van der Waals surface area contributed by atoms with Gasteiger partial charge < -0.3 is 15.3 Å². The second-order valence-electron chi connectivity index (χ2n) is 12.4. The van der Waals surface area contributed by atoms with Crippen molar-refractivity contribution in [1.82, 2.24) is 0 Å². The number of Topliss-reactive ketones (excluding diaryl/α,β-unsaturated/α-hetero) is 1. The van der Waals surface area contributed by atoms with Crippen molar-refractivity contribution in [2.24, 2.45) is 0 Å². The van der Waals surface area contributed by atoms with Crippen LogP contribution in [0.2, 0.25) is 0 Å². The lowest BCUT2D eigenvalue weighted by Crippen LogP contribution is -2.33. The van der Waals surface area contributed by atoms with Crippen molar-refractivity contribution >= 4 is 5.78 Å². The van der Waals surface area contributed by atoms with Gasteiger partial charge in [-0.05, 0) is 12.8 Å². The number of hydrogen-bond donors (Lipinski definition) is 3. The lowest BCUT2D eigenvalue weighted by molar-refractivity contribution is -0.129. The summed E-state index contributed by atoms with van der Waals surface area (Å²) in [7, 11) is 0. The molecule has 0 heterocycles. The standard InChI is InChI=1S/C35H70O4/c1-3-5-7-8-9-10-11-12-13-14-15-16-17-18-19-20-21-22-23-24-25-26-28-30-33(37)35(39)31-34(38)32(36)29-27-6-4-2/h32,34-36,38-39H,3-31H2,1-2H3. The molecule has 3 unspecified atom stereocenters. The molecule has 3 atom stereocenters. The van der Waals surface area contributed by atoms with Crippen LogP contribution in [-0.2, 0) is 4.79 Å². The van der Waals surface area contributed by atoms with Gasteiger partial charge in [0.05, 0.1) is 12.2 Å². The normalized spacial score (nSPS) is 14.0. The summed E-state index contributed by atoms with van der Waals surface area (Å²) in [6.45, 7) is 4.38. The van der Waals surface area contributed by atoms with Gasteiger partial charge in [-0.1, -0.05) is 174 Å². The van der Waals surface area contributed by atoms with E-state index < -0.39 is 18.3 Å². The third kappa shape index (κ3) is 27.5. The Kier molecular flexibility index (Phi) is 30.2. The zero-order chi connectivity index (χ0) is 28.8. The zero-order valence-electron chi connectivity index (χ0n) is 26.5. The van der Waals surface area contributed by atoms with Gasteiger partial charge in [-0.3, -0.25) is 4.79 Å². The quantitative estimate of drug-likeness (QED) is 0.0723. The second-order valence-corrected chi connectivity index (χ2v) is 12.4. The van der Waals surface area contributed by atoms with E-state index >= 15 is 0 Å². The first-order valence-corrected chi connectivity index (χ1v) is 17.6. The van der Waals surface area contributed by atoms with Gasteiger partial charge >= 0.3 is 0 Å². The summed E-state index contributed by atoms with van der Waals surface area (Å²) in [4.78, 5) is 12.1. The number of unbranched alkanes of at least 4 members (excludes halogenated alkanes) is 24. The van der Waals surface area contributed by atoms with Crippen molar-refractivity contribution in [1.29, 1.82) is 0 Å². The Morgan fingerprint density at radius 2 is 0.744 bits per heavy atom. The summed E-state index contributed by atoms with van der Waals surface area (Å²) in [6, 6.07) is 0. The minimum absolute atomic E-state index is 0.0501. The molecule has 0 aliphatic carbocycles. The van der Waals surface area contributed by atoms with Crippen LogP contribution in [0.4, 0.5) is 0 Å². The average molecular weight is 555 g/mol. The van der Waals surface area contributed by atoms with Gasteiger partial charge in [-0.2, -0.15) is 0 Å². The van der Waals surface area contributed by atoms with Crippen molar-refractivity contribution in [3.63, 3.8) is 0 Å². The fraction of sp³-hybridized carbons (Fsp3) is 0.971.